The molecule has 0 aliphatic heterocycles. The number of carbonyl (C=O) groups excluding carboxylic acids is 4. The average Bonchev–Trinajstić information content (AvgIpc) is 3.07. The molecule has 0 spiro atoms. The zero-order chi connectivity index (χ0) is 20.2. The molecular weight excluding hydrogens is 356 g/mol. The van der Waals surface area contributed by atoms with Gasteiger partial charge in [-0.25, -0.2) is 9.59 Å². The normalized spacial score (nSPS) is 14.1. The fourth-order valence-electron chi connectivity index (χ4n) is 3.27. The fraction of sp³-hybridized carbons (Fsp3) is 0.474. The Kier molecular flexibility index (Phi) is 6.20. The number of ether oxygens (including phenoxy) is 4. The van der Waals surface area contributed by atoms with E-state index in [9.17, 15) is 19.2 Å². The van der Waals surface area contributed by atoms with Crippen LogP contribution in [0.15, 0.2) is 12.1 Å². The topological polar surface area (TPSA) is 105 Å². The first-order valence-corrected chi connectivity index (χ1v) is 8.52. The number of hydrogen-bond acceptors (Lipinski definition) is 8. The minimum absolute atomic E-state index is 0.00540. The number of carbonyl (C=O) groups is 4. The van der Waals surface area contributed by atoms with Crippen LogP contribution in [0.5, 0.6) is 0 Å². The quantitative estimate of drug-likeness (QED) is 0.416. The third kappa shape index (κ3) is 3.51. The summed E-state index contributed by atoms with van der Waals surface area (Å²) >= 11 is 0. The molecule has 1 aliphatic rings. The fourth-order valence-corrected chi connectivity index (χ4v) is 3.27. The lowest BCUT2D eigenvalue weighted by molar-refractivity contribution is -0.171. The summed E-state index contributed by atoms with van der Waals surface area (Å²) in [7, 11) is 2.37. The van der Waals surface area contributed by atoms with Gasteiger partial charge in [0.15, 0.2) is 5.41 Å². The monoisotopic (exact) mass is 378 g/mol. The standard InChI is InChI=1S/C19H22O8/c1-5-26-17(22)19(18(23)27-6-2)9-11-7-8-12(15(20)24-3)14(13(11)10-19)16(21)25-4/h7-8H,5-6,9-10H2,1-4H3. The lowest BCUT2D eigenvalue weighted by Crippen LogP contribution is -2.43. The summed E-state index contributed by atoms with van der Waals surface area (Å²) in [4.78, 5) is 49.7. The summed E-state index contributed by atoms with van der Waals surface area (Å²) in [6.07, 6.45) is -0.124. The van der Waals surface area contributed by atoms with Crippen LogP contribution in [0, 0.1) is 5.41 Å². The first-order chi connectivity index (χ1) is 12.9. The molecule has 27 heavy (non-hydrogen) atoms. The maximum absolute atomic E-state index is 12.6. The van der Waals surface area contributed by atoms with E-state index in [1.807, 2.05) is 0 Å². The number of methoxy groups -OCH3 is 2. The Bertz CT molecular complexity index is 762. The number of fused-ring (bicyclic) bond motifs is 1. The van der Waals surface area contributed by atoms with E-state index in [0.717, 1.165) is 0 Å². The smallest absolute Gasteiger partial charge is 0.339 e. The van der Waals surface area contributed by atoms with Crippen molar-refractivity contribution in [3.8, 4) is 0 Å². The molecule has 1 aromatic carbocycles. The number of rotatable bonds is 6. The lowest BCUT2D eigenvalue weighted by Gasteiger charge is -2.24. The van der Waals surface area contributed by atoms with Crippen molar-refractivity contribution in [3.63, 3.8) is 0 Å². The van der Waals surface area contributed by atoms with Gasteiger partial charge in [-0.2, -0.15) is 0 Å². The Morgan fingerprint density at radius 2 is 1.44 bits per heavy atom. The third-order valence-corrected chi connectivity index (χ3v) is 4.51. The van der Waals surface area contributed by atoms with Crippen LogP contribution in [0.25, 0.3) is 0 Å². The zero-order valence-electron chi connectivity index (χ0n) is 15.7. The Labute approximate surface area is 156 Å². The van der Waals surface area contributed by atoms with Crippen molar-refractivity contribution in [1.29, 1.82) is 0 Å². The molecule has 0 radical (unpaired) electrons. The molecule has 0 fully saturated rings. The molecule has 2 rings (SSSR count). The van der Waals surface area contributed by atoms with Crippen molar-refractivity contribution >= 4 is 23.9 Å². The van der Waals surface area contributed by atoms with E-state index in [0.29, 0.717) is 11.1 Å². The SMILES string of the molecule is CCOC(=O)C1(C(=O)OCC)Cc2ccc(C(=O)OC)c(C(=O)OC)c2C1. The number of esters is 4. The van der Waals surface area contributed by atoms with Gasteiger partial charge in [0.25, 0.3) is 0 Å². The highest BCUT2D eigenvalue weighted by atomic mass is 16.6. The predicted molar refractivity (Wildman–Crippen MR) is 92.2 cm³/mol. The zero-order valence-corrected chi connectivity index (χ0v) is 15.7. The van der Waals surface area contributed by atoms with E-state index in [1.54, 1.807) is 19.9 Å². The van der Waals surface area contributed by atoms with E-state index in [2.05, 4.69) is 0 Å². The van der Waals surface area contributed by atoms with Crippen molar-refractivity contribution in [2.45, 2.75) is 26.7 Å². The molecule has 0 amide bonds. The van der Waals surface area contributed by atoms with Crippen LogP contribution in [0.4, 0.5) is 0 Å². The minimum Gasteiger partial charge on any atom is -0.465 e. The van der Waals surface area contributed by atoms with E-state index >= 15 is 0 Å². The molecule has 8 heteroatoms. The van der Waals surface area contributed by atoms with Gasteiger partial charge in [-0.3, -0.25) is 9.59 Å². The molecule has 146 valence electrons. The van der Waals surface area contributed by atoms with Crippen LogP contribution < -0.4 is 0 Å². The first kappa shape index (κ1) is 20.4. The summed E-state index contributed by atoms with van der Waals surface area (Å²) in [5.74, 6) is -2.93. The molecule has 0 aromatic heterocycles. The molecule has 0 N–H and O–H groups in total. The Hall–Kier alpha value is -2.90. The largest absolute Gasteiger partial charge is 0.465 e. The summed E-state index contributed by atoms with van der Waals surface area (Å²) in [5, 5.41) is 0. The number of benzene rings is 1. The average molecular weight is 378 g/mol. The Morgan fingerprint density at radius 3 is 1.93 bits per heavy atom. The van der Waals surface area contributed by atoms with Gasteiger partial charge < -0.3 is 18.9 Å². The second kappa shape index (κ2) is 8.20. The van der Waals surface area contributed by atoms with Crippen molar-refractivity contribution in [3.05, 3.63) is 34.4 Å². The van der Waals surface area contributed by atoms with Crippen molar-refractivity contribution < 1.29 is 38.1 Å². The highest BCUT2D eigenvalue weighted by Gasteiger charge is 2.54. The lowest BCUT2D eigenvalue weighted by atomic mass is 9.84. The highest BCUT2D eigenvalue weighted by Crippen LogP contribution is 2.42. The van der Waals surface area contributed by atoms with Gasteiger partial charge in [-0.1, -0.05) is 6.07 Å². The number of hydrogen-bond donors (Lipinski definition) is 0. The van der Waals surface area contributed by atoms with Gasteiger partial charge in [-0.15, -0.1) is 0 Å². The van der Waals surface area contributed by atoms with Crippen molar-refractivity contribution in [2.75, 3.05) is 27.4 Å². The van der Waals surface area contributed by atoms with Crippen LogP contribution in [0.2, 0.25) is 0 Å². The summed E-state index contributed by atoms with van der Waals surface area (Å²) in [6, 6.07) is 3.01. The van der Waals surface area contributed by atoms with Crippen LogP contribution in [0.1, 0.15) is 45.7 Å². The van der Waals surface area contributed by atoms with Crippen LogP contribution in [-0.4, -0.2) is 51.3 Å². The van der Waals surface area contributed by atoms with Crippen LogP contribution >= 0.6 is 0 Å². The highest BCUT2D eigenvalue weighted by molar-refractivity contribution is 6.07. The molecule has 0 unspecified atom stereocenters. The predicted octanol–water partition coefficient (Wildman–Crippen LogP) is 1.47. The van der Waals surface area contributed by atoms with Crippen molar-refractivity contribution in [2.24, 2.45) is 5.41 Å². The van der Waals surface area contributed by atoms with E-state index in [4.69, 9.17) is 18.9 Å². The molecule has 0 bridgehead atoms. The van der Waals surface area contributed by atoms with Gasteiger partial charge in [-0.05, 0) is 37.5 Å². The summed E-state index contributed by atoms with van der Waals surface area (Å²) < 4.78 is 19.7. The van der Waals surface area contributed by atoms with Gasteiger partial charge in [0.05, 0.1) is 38.6 Å². The first-order valence-electron chi connectivity index (χ1n) is 8.52. The molecular formula is C19H22O8. The third-order valence-electron chi connectivity index (χ3n) is 4.51. The molecule has 0 atom stereocenters. The maximum Gasteiger partial charge on any atom is 0.339 e. The van der Waals surface area contributed by atoms with Gasteiger partial charge in [0.1, 0.15) is 0 Å². The molecule has 1 aliphatic carbocycles. The van der Waals surface area contributed by atoms with Gasteiger partial charge in [0.2, 0.25) is 0 Å². The summed E-state index contributed by atoms with van der Waals surface area (Å²) in [5.41, 5.74) is -0.662. The van der Waals surface area contributed by atoms with E-state index < -0.39 is 29.3 Å². The van der Waals surface area contributed by atoms with E-state index in [-0.39, 0.29) is 37.2 Å². The van der Waals surface area contributed by atoms with Crippen LogP contribution in [0.3, 0.4) is 0 Å². The maximum atomic E-state index is 12.6. The van der Waals surface area contributed by atoms with E-state index in [1.165, 1.54) is 20.3 Å². The minimum atomic E-state index is -1.61. The van der Waals surface area contributed by atoms with Gasteiger partial charge >= 0.3 is 23.9 Å². The second-order valence-electron chi connectivity index (χ2n) is 5.99. The molecule has 8 nitrogen and oxygen atoms in total. The summed E-state index contributed by atoms with van der Waals surface area (Å²) in [6.45, 7) is 3.45. The second-order valence-corrected chi connectivity index (χ2v) is 5.99. The molecule has 0 saturated carbocycles. The molecule has 1 aromatic rings. The van der Waals surface area contributed by atoms with Gasteiger partial charge in [0, 0.05) is 6.42 Å². The van der Waals surface area contributed by atoms with Crippen molar-refractivity contribution in [1.82, 2.24) is 0 Å². The Balaban J connectivity index is 2.63. The molecule has 0 saturated heterocycles. The van der Waals surface area contributed by atoms with Crippen LogP contribution in [-0.2, 0) is 41.4 Å². The molecule has 0 heterocycles. The Morgan fingerprint density at radius 1 is 0.889 bits per heavy atom.